The van der Waals surface area contributed by atoms with Crippen LogP contribution in [0.15, 0.2) is 66.9 Å². The van der Waals surface area contributed by atoms with Gasteiger partial charge in [0.2, 0.25) is 0 Å². The average Bonchev–Trinajstić information content (AvgIpc) is 2.81. The molecule has 2 aliphatic rings. The third-order valence-electron chi connectivity index (χ3n) is 6.22. The maximum absolute atomic E-state index is 13.4. The van der Waals surface area contributed by atoms with Crippen molar-refractivity contribution in [2.24, 2.45) is 5.92 Å². The summed E-state index contributed by atoms with van der Waals surface area (Å²) < 4.78 is 11.3. The first-order valence-corrected chi connectivity index (χ1v) is 10.7. The molecule has 31 heavy (non-hydrogen) atoms. The van der Waals surface area contributed by atoms with Crippen molar-refractivity contribution >= 4 is 22.8 Å². The number of hydrogen-bond acceptors (Lipinski definition) is 5. The van der Waals surface area contributed by atoms with Crippen LogP contribution in [-0.2, 0) is 16.1 Å². The van der Waals surface area contributed by atoms with Crippen LogP contribution in [0.1, 0.15) is 28.8 Å². The number of amides is 1. The Bertz CT molecular complexity index is 1080. The first kappa shape index (κ1) is 19.7. The smallest absolute Gasteiger partial charge is 0.410 e. The lowest BCUT2D eigenvalue weighted by molar-refractivity contribution is -0.0755. The summed E-state index contributed by atoms with van der Waals surface area (Å²) in [6.45, 7) is 1.09. The van der Waals surface area contributed by atoms with E-state index in [0.717, 1.165) is 16.5 Å². The van der Waals surface area contributed by atoms with Crippen LogP contribution in [0, 0.1) is 5.92 Å². The zero-order valence-electron chi connectivity index (χ0n) is 17.1. The van der Waals surface area contributed by atoms with E-state index in [1.165, 1.54) is 0 Å². The van der Waals surface area contributed by atoms with Crippen molar-refractivity contribution in [3.8, 4) is 0 Å². The Kier molecular flexibility index (Phi) is 5.38. The first-order valence-electron chi connectivity index (χ1n) is 10.7. The summed E-state index contributed by atoms with van der Waals surface area (Å²) in [5.41, 5.74) is 2.47. The number of hydrogen-bond donors (Lipinski definition) is 0. The molecule has 2 bridgehead atoms. The highest BCUT2D eigenvalue weighted by Gasteiger charge is 2.44. The number of fused-ring (bicyclic) bond motifs is 3. The molecule has 0 aliphatic carbocycles. The number of ketones is 1. The lowest BCUT2D eigenvalue weighted by atomic mass is 9.80. The van der Waals surface area contributed by atoms with Crippen LogP contribution < -0.4 is 0 Å². The van der Waals surface area contributed by atoms with Gasteiger partial charge in [0.05, 0.1) is 30.8 Å². The van der Waals surface area contributed by atoms with Gasteiger partial charge in [0, 0.05) is 23.1 Å². The van der Waals surface area contributed by atoms with E-state index in [1.54, 1.807) is 11.1 Å². The fraction of sp³-hybridized carbons (Fsp3) is 0.320. The minimum Gasteiger partial charge on any atom is -0.445 e. The van der Waals surface area contributed by atoms with E-state index in [-0.39, 0.29) is 36.5 Å². The van der Waals surface area contributed by atoms with E-state index < -0.39 is 0 Å². The van der Waals surface area contributed by atoms with Gasteiger partial charge in [0.15, 0.2) is 5.78 Å². The summed E-state index contributed by atoms with van der Waals surface area (Å²) in [4.78, 5) is 32.4. The highest BCUT2D eigenvalue weighted by atomic mass is 16.6. The van der Waals surface area contributed by atoms with E-state index in [2.05, 4.69) is 4.98 Å². The maximum atomic E-state index is 13.4. The van der Waals surface area contributed by atoms with Gasteiger partial charge < -0.3 is 9.47 Å². The number of carbonyl (C=O) groups is 2. The van der Waals surface area contributed by atoms with Gasteiger partial charge in [-0.15, -0.1) is 0 Å². The van der Waals surface area contributed by atoms with E-state index >= 15 is 0 Å². The van der Waals surface area contributed by atoms with Gasteiger partial charge in [-0.3, -0.25) is 14.7 Å². The molecular formula is C25H24N2O4. The lowest BCUT2D eigenvalue weighted by Crippen LogP contribution is -2.59. The summed E-state index contributed by atoms with van der Waals surface area (Å²) in [7, 11) is 0. The molecule has 2 aromatic carbocycles. The molecule has 2 fully saturated rings. The fourth-order valence-corrected chi connectivity index (χ4v) is 4.76. The molecule has 158 valence electrons. The van der Waals surface area contributed by atoms with Gasteiger partial charge in [0.25, 0.3) is 0 Å². The molecule has 1 amide bonds. The van der Waals surface area contributed by atoms with Crippen molar-refractivity contribution in [3.05, 3.63) is 78.0 Å². The van der Waals surface area contributed by atoms with Crippen LogP contribution >= 0.6 is 0 Å². The Morgan fingerprint density at radius 1 is 0.968 bits per heavy atom. The van der Waals surface area contributed by atoms with E-state index in [4.69, 9.17) is 9.47 Å². The van der Waals surface area contributed by atoms with E-state index in [0.29, 0.717) is 31.6 Å². The Morgan fingerprint density at radius 3 is 2.52 bits per heavy atom. The number of aromatic nitrogens is 1. The zero-order chi connectivity index (χ0) is 21.2. The molecule has 5 rings (SSSR count). The average molecular weight is 416 g/mol. The summed E-state index contributed by atoms with van der Waals surface area (Å²) in [5.74, 6) is -0.0318. The van der Waals surface area contributed by atoms with E-state index in [9.17, 15) is 9.59 Å². The molecule has 2 saturated heterocycles. The number of carbonyl (C=O) groups excluding carboxylic acids is 2. The molecule has 0 saturated carbocycles. The van der Waals surface area contributed by atoms with Crippen molar-refractivity contribution < 1.29 is 19.1 Å². The predicted octanol–water partition coefficient (Wildman–Crippen LogP) is 4.23. The van der Waals surface area contributed by atoms with Gasteiger partial charge in [-0.25, -0.2) is 4.79 Å². The highest BCUT2D eigenvalue weighted by molar-refractivity contribution is 6.08. The van der Waals surface area contributed by atoms with Crippen LogP contribution in [0.3, 0.4) is 0 Å². The molecule has 0 N–H and O–H groups in total. The highest BCUT2D eigenvalue weighted by Crippen LogP contribution is 2.35. The Balaban J connectivity index is 1.31. The van der Waals surface area contributed by atoms with Crippen molar-refractivity contribution in [2.75, 3.05) is 13.2 Å². The number of nitrogens with zero attached hydrogens (tertiary/aromatic N) is 2. The molecule has 0 spiro atoms. The SMILES string of the molecule is O=C(c1cccc2ncccc12)C1CC2COCC(C1)N2C(=O)OCc1ccccc1. The van der Waals surface area contributed by atoms with Crippen LogP contribution in [-0.4, -0.2) is 47.1 Å². The second kappa shape index (κ2) is 8.47. The first-order chi connectivity index (χ1) is 15.2. The Hall–Kier alpha value is -3.25. The number of morpholine rings is 1. The third-order valence-corrected chi connectivity index (χ3v) is 6.22. The topological polar surface area (TPSA) is 68.7 Å². The van der Waals surface area contributed by atoms with Crippen LogP contribution in [0.4, 0.5) is 4.79 Å². The number of Topliss-reactive ketones (excluding diaryl/α,β-unsaturated/α-hetero) is 1. The second-order valence-electron chi connectivity index (χ2n) is 8.20. The fourth-order valence-electron chi connectivity index (χ4n) is 4.76. The number of pyridine rings is 1. The molecule has 2 atom stereocenters. The summed E-state index contributed by atoms with van der Waals surface area (Å²) >= 11 is 0. The van der Waals surface area contributed by atoms with Crippen molar-refractivity contribution in [2.45, 2.75) is 31.5 Å². The van der Waals surface area contributed by atoms with Crippen LogP contribution in [0.25, 0.3) is 10.9 Å². The number of benzene rings is 2. The molecule has 6 nitrogen and oxygen atoms in total. The molecule has 2 aliphatic heterocycles. The van der Waals surface area contributed by atoms with Crippen molar-refractivity contribution in [1.82, 2.24) is 9.88 Å². The molecule has 2 unspecified atom stereocenters. The Morgan fingerprint density at radius 2 is 1.74 bits per heavy atom. The monoisotopic (exact) mass is 416 g/mol. The summed E-state index contributed by atoms with van der Waals surface area (Å²) in [6.07, 6.45) is 2.55. The normalized spacial score (nSPS) is 22.8. The second-order valence-corrected chi connectivity index (χ2v) is 8.20. The minimum atomic E-state index is -0.331. The van der Waals surface area contributed by atoms with E-state index in [1.807, 2.05) is 60.7 Å². The number of rotatable bonds is 4. The molecular weight excluding hydrogens is 392 g/mol. The molecule has 1 aromatic heterocycles. The van der Waals surface area contributed by atoms with Crippen LogP contribution in [0.5, 0.6) is 0 Å². The molecule has 0 radical (unpaired) electrons. The minimum absolute atomic E-state index is 0.118. The number of piperidine rings is 1. The lowest BCUT2D eigenvalue weighted by Gasteiger charge is -2.47. The van der Waals surface area contributed by atoms with Gasteiger partial charge in [0.1, 0.15) is 6.61 Å². The van der Waals surface area contributed by atoms with Gasteiger partial charge >= 0.3 is 6.09 Å². The third kappa shape index (κ3) is 3.91. The van der Waals surface area contributed by atoms with Crippen molar-refractivity contribution in [3.63, 3.8) is 0 Å². The molecule has 3 heterocycles. The summed E-state index contributed by atoms with van der Waals surface area (Å²) in [6, 6.07) is 18.8. The van der Waals surface area contributed by atoms with Gasteiger partial charge in [-0.2, -0.15) is 0 Å². The van der Waals surface area contributed by atoms with Gasteiger partial charge in [-0.1, -0.05) is 48.5 Å². The molecule has 6 heteroatoms. The standard InChI is InChI=1S/C25H24N2O4/c28-24(22-8-4-10-23-21(22)9-5-11-26-23)18-12-19-15-30-16-20(13-18)27(19)25(29)31-14-17-6-2-1-3-7-17/h1-11,18-20H,12-16H2. The summed E-state index contributed by atoms with van der Waals surface area (Å²) in [5, 5.41) is 0.876. The Labute approximate surface area is 180 Å². The number of ether oxygens (including phenoxy) is 2. The zero-order valence-corrected chi connectivity index (χ0v) is 17.1. The molecule has 3 aromatic rings. The largest absolute Gasteiger partial charge is 0.445 e. The maximum Gasteiger partial charge on any atom is 0.410 e. The quantitative estimate of drug-likeness (QED) is 0.595. The van der Waals surface area contributed by atoms with Crippen LogP contribution in [0.2, 0.25) is 0 Å². The predicted molar refractivity (Wildman–Crippen MR) is 116 cm³/mol. The van der Waals surface area contributed by atoms with Gasteiger partial charge in [-0.05, 0) is 30.5 Å². The van der Waals surface area contributed by atoms with Crippen molar-refractivity contribution in [1.29, 1.82) is 0 Å².